The van der Waals surface area contributed by atoms with Crippen LogP contribution in [0.2, 0.25) is 0 Å². The maximum Gasteiger partial charge on any atom is 0.416 e. The van der Waals surface area contributed by atoms with Gasteiger partial charge in [0.1, 0.15) is 6.07 Å². The number of pyridine rings is 1. The van der Waals surface area contributed by atoms with Gasteiger partial charge in [-0.05, 0) is 6.07 Å². The summed E-state index contributed by atoms with van der Waals surface area (Å²) >= 11 is 0. The second-order valence-corrected chi connectivity index (χ2v) is 3.17. The zero-order valence-electron chi connectivity index (χ0n) is 8.49. The van der Waals surface area contributed by atoms with Gasteiger partial charge in [-0.3, -0.25) is 0 Å². The zero-order chi connectivity index (χ0) is 13.1. The first kappa shape index (κ1) is 13.1. The number of aliphatic hydroxyl groups excluding tert-OH is 1. The molecule has 0 saturated heterocycles. The number of nitriles is 1. The Balaban J connectivity index is 2.74. The van der Waals surface area contributed by atoms with Crippen LogP contribution < -0.4 is 11.1 Å². The molecule has 0 aromatic carbocycles. The fourth-order valence-electron chi connectivity index (χ4n) is 1.02. The van der Waals surface area contributed by atoms with Crippen LogP contribution in [0.3, 0.4) is 0 Å². The van der Waals surface area contributed by atoms with Crippen molar-refractivity contribution in [3.8, 4) is 6.07 Å². The van der Waals surface area contributed by atoms with Crippen molar-refractivity contribution < 1.29 is 18.3 Å². The van der Waals surface area contributed by atoms with E-state index in [1.165, 1.54) is 12.3 Å². The molecule has 1 unspecified atom stereocenters. The minimum Gasteiger partial charge on any atom is -0.395 e. The Morgan fingerprint density at radius 3 is 2.76 bits per heavy atom. The maximum absolute atomic E-state index is 12.0. The van der Waals surface area contributed by atoms with Crippen molar-refractivity contribution in [3.63, 3.8) is 0 Å². The Morgan fingerprint density at radius 2 is 2.24 bits per heavy atom. The highest BCUT2D eigenvalue weighted by molar-refractivity contribution is 5.68. The van der Waals surface area contributed by atoms with Gasteiger partial charge in [-0.25, -0.2) is 4.98 Å². The lowest BCUT2D eigenvalue weighted by atomic mass is 10.2. The number of hydrogen-bond acceptors (Lipinski definition) is 5. The van der Waals surface area contributed by atoms with Crippen molar-refractivity contribution in [2.45, 2.75) is 12.3 Å². The molecular formula is C9H9F3N4O. The third-order valence-electron chi connectivity index (χ3n) is 1.95. The summed E-state index contributed by atoms with van der Waals surface area (Å²) in [6.45, 7) is -0.782. The standard InChI is InChI=1S/C9H9F3N4O/c10-9(11,12)6(17)4-16-8-7(14)5(3-13)1-2-15-8/h1-2,6,17H,4,14H2,(H,15,16). The highest BCUT2D eigenvalue weighted by Gasteiger charge is 2.37. The molecule has 0 fully saturated rings. The minimum atomic E-state index is -4.71. The van der Waals surface area contributed by atoms with E-state index in [2.05, 4.69) is 10.3 Å². The molecule has 5 nitrogen and oxygen atoms in total. The van der Waals surface area contributed by atoms with Crippen molar-refractivity contribution in [1.82, 2.24) is 4.98 Å². The molecule has 8 heteroatoms. The molecule has 0 aliphatic heterocycles. The summed E-state index contributed by atoms with van der Waals surface area (Å²) in [4.78, 5) is 3.68. The smallest absolute Gasteiger partial charge is 0.395 e. The van der Waals surface area contributed by atoms with E-state index < -0.39 is 18.8 Å². The Morgan fingerprint density at radius 1 is 1.59 bits per heavy atom. The van der Waals surface area contributed by atoms with E-state index in [0.717, 1.165) is 0 Å². The van der Waals surface area contributed by atoms with Crippen LogP contribution in [0.5, 0.6) is 0 Å². The molecule has 1 aromatic rings. The van der Waals surface area contributed by atoms with Crippen LogP contribution in [0.4, 0.5) is 24.7 Å². The summed E-state index contributed by atoms with van der Waals surface area (Å²) in [7, 11) is 0. The molecule has 92 valence electrons. The molecule has 4 N–H and O–H groups in total. The van der Waals surface area contributed by atoms with Gasteiger partial charge in [-0.1, -0.05) is 0 Å². The molecule has 0 radical (unpaired) electrons. The number of nitrogens with zero attached hydrogens (tertiary/aromatic N) is 2. The van der Waals surface area contributed by atoms with Crippen LogP contribution in [-0.2, 0) is 0 Å². The van der Waals surface area contributed by atoms with Crippen molar-refractivity contribution in [2.24, 2.45) is 0 Å². The molecular weight excluding hydrogens is 237 g/mol. The second kappa shape index (κ2) is 4.88. The van der Waals surface area contributed by atoms with Gasteiger partial charge in [0.15, 0.2) is 11.9 Å². The fraction of sp³-hybridized carbons (Fsp3) is 0.333. The third kappa shape index (κ3) is 3.22. The predicted octanol–water partition coefficient (Wildman–Crippen LogP) is 0.871. The number of aromatic nitrogens is 1. The highest BCUT2D eigenvalue weighted by atomic mass is 19.4. The molecule has 1 heterocycles. The number of halogens is 3. The summed E-state index contributed by atoms with van der Waals surface area (Å²) in [5, 5.41) is 19.6. The maximum atomic E-state index is 12.0. The molecule has 0 spiro atoms. The van der Waals surface area contributed by atoms with E-state index in [4.69, 9.17) is 16.1 Å². The third-order valence-corrected chi connectivity index (χ3v) is 1.95. The number of alkyl halides is 3. The van der Waals surface area contributed by atoms with E-state index in [1.54, 1.807) is 6.07 Å². The predicted molar refractivity (Wildman–Crippen MR) is 53.9 cm³/mol. The number of nitrogens with two attached hydrogens (primary N) is 1. The van der Waals surface area contributed by atoms with Crippen molar-refractivity contribution in [2.75, 3.05) is 17.6 Å². The summed E-state index contributed by atoms with van der Waals surface area (Å²) in [5.41, 5.74) is 5.53. The number of anilines is 2. The average molecular weight is 246 g/mol. The summed E-state index contributed by atoms with van der Waals surface area (Å²) in [6.07, 6.45) is -6.00. The molecule has 1 rings (SSSR count). The first-order valence-electron chi connectivity index (χ1n) is 4.49. The van der Waals surface area contributed by atoms with Crippen LogP contribution in [0.1, 0.15) is 5.56 Å². The highest BCUT2D eigenvalue weighted by Crippen LogP contribution is 2.22. The minimum absolute atomic E-state index is 0.0515. The van der Waals surface area contributed by atoms with Crippen molar-refractivity contribution in [1.29, 1.82) is 5.26 Å². The number of rotatable bonds is 3. The topological polar surface area (TPSA) is 95.0 Å². The van der Waals surface area contributed by atoms with Crippen LogP contribution in [0.15, 0.2) is 12.3 Å². The fourth-order valence-corrected chi connectivity index (χ4v) is 1.02. The van der Waals surface area contributed by atoms with Crippen LogP contribution in [0.25, 0.3) is 0 Å². The summed E-state index contributed by atoms with van der Waals surface area (Å²) in [5.74, 6) is -0.0626. The van der Waals surface area contributed by atoms with Crippen LogP contribution >= 0.6 is 0 Å². The Hall–Kier alpha value is -2.01. The molecule has 0 aliphatic rings. The largest absolute Gasteiger partial charge is 0.416 e. The van der Waals surface area contributed by atoms with Crippen LogP contribution in [-0.4, -0.2) is 28.9 Å². The Bertz CT molecular complexity index is 441. The number of nitrogen functional groups attached to an aromatic ring is 1. The Labute approximate surface area is 94.7 Å². The van der Waals surface area contributed by atoms with Gasteiger partial charge in [0.2, 0.25) is 0 Å². The normalized spacial score (nSPS) is 12.9. The van der Waals surface area contributed by atoms with E-state index in [-0.39, 0.29) is 17.1 Å². The molecule has 0 bridgehead atoms. The molecule has 1 atom stereocenters. The lowest BCUT2D eigenvalue weighted by Crippen LogP contribution is -2.35. The molecule has 0 amide bonds. The van der Waals surface area contributed by atoms with Crippen molar-refractivity contribution in [3.05, 3.63) is 17.8 Å². The number of aliphatic hydroxyl groups is 1. The van der Waals surface area contributed by atoms with Gasteiger partial charge in [0.25, 0.3) is 0 Å². The van der Waals surface area contributed by atoms with Gasteiger partial charge in [0, 0.05) is 6.20 Å². The van der Waals surface area contributed by atoms with E-state index in [9.17, 15) is 13.2 Å². The molecule has 0 saturated carbocycles. The number of hydrogen-bond donors (Lipinski definition) is 3. The van der Waals surface area contributed by atoms with E-state index in [0.29, 0.717) is 0 Å². The Kier molecular flexibility index (Phi) is 3.75. The van der Waals surface area contributed by atoms with Gasteiger partial charge in [-0.2, -0.15) is 18.4 Å². The van der Waals surface area contributed by atoms with E-state index in [1.807, 2.05) is 0 Å². The lowest BCUT2D eigenvalue weighted by molar-refractivity contribution is -0.198. The molecule has 1 aromatic heterocycles. The molecule has 17 heavy (non-hydrogen) atoms. The van der Waals surface area contributed by atoms with Crippen molar-refractivity contribution >= 4 is 11.5 Å². The van der Waals surface area contributed by atoms with Gasteiger partial charge in [0.05, 0.1) is 17.8 Å². The lowest BCUT2D eigenvalue weighted by Gasteiger charge is -2.16. The van der Waals surface area contributed by atoms with Gasteiger partial charge < -0.3 is 16.2 Å². The van der Waals surface area contributed by atoms with Crippen LogP contribution in [0, 0.1) is 11.3 Å². The van der Waals surface area contributed by atoms with Gasteiger partial charge in [-0.15, -0.1) is 0 Å². The number of nitrogens with one attached hydrogen (secondary N) is 1. The summed E-state index contributed by atoms with van der Waals surface area (Å²) < 4.78 is 36.0. The second-order valence-electron chi connectivity index (χ2n) is 3.17. The SMILES string of the molecule is N#Cc1ccnc(NCC(O)C(F)(F)F)c1N. The monoisotopic (exact) mass is 246 g/mol. The quantitative estimate of drug-likeness (QED) is 0.735. The zero-order valence-corrected chi connectivity index (χ0v) is 8.49. The van der Waals surface area contributed by atoms with Gasteiger partial charge >= 0.3 is 6.18 Å². The average Bonchev–Trinajstić information content (AvgIpc) is 2.26. The van der Waals surface area contributed by atoms with E-state index >= 15 is 0 Å². The molecule has 0 aliphatic carbocycles. The first-order valence-corrected chi connectivity index (χ1v) is 4.49. The first-order chi connectivity index (χ1) is 7.86. The summed E-state index contributed by atoms with van der Waals surface area (Å²) in [6, 6.07) is 3.10.